The molecule has 0 radical (unpaired) electrons. The Morgan fingerprint density at radius 1 is 1.18 bits per heavy atom. The molecule has 1 amide bonds. The summed E-state index contributed by atoms with van der Waals surface area (Å²) in [5.74, 6) is -1.19. The molecular weight excluding hydrogens is 327 g/mol. The van der Waals surface area contributed by atoms with E-state index >= 15 is 0 Å². The zero-order valence-electron chi connectivity index (χ0n) is 11.6. The Bertz CT molecular complexity index is 720. The SMILES string of the molecule is Cc1ccc(Cl)cc1NC(=O)COC(=O)c1cc(Cl)ccn1. The third-order valence-corrected chi connectivity index (χ3v) is 3.21. The van der Waals surface area contributed by atoms with Gasteiger partial charge >= 0.3 is 5.97 Å². The molecular formula is C15H12Cl2N2O3. The minimum atomic E-state index is -0.722. The van der Waals surface area contributed by atoms with Crippen LogP contribution < -0.4 is 5.32 Å². The maximum Gasteiger partial charge on any atom is 0.357 e. The summed E-state index contributed by atoms with van der Waals surface area (Å²) >= 11 is 11.6. The highest BCUT2D eigenvalue weighted by atomic mass is 35.5. The molecule has 0 atom stereocenters. The maximum atomic E-state index is 11.8. The maximum absolute atomic E-state index is 11.8. The average molecular weight is 339 g/mol. The van der Waals surface area contributed by atoms with E-state index in [9.17, 15) is 9.59 Å². The Balaban J connectivity index is 1.93. The molecule has 0 fully saturated rings. The van der Waals surface area contributed by atoms with Gasteiger partial charge in [-0.2, -0.15) is 0 Å². The second kappa shape index (κ2) is 7.24. The lowest BCUT2D eigenvalue weighted by Crippen LogP contribution is -2.21. The summed E-state index contributed by atoms with van der Waals surface area (Å²) in [6.45, 7) is 1.40. The van der Waals surface area contributed by atoms with Crippen molar-refractivity contribution in [3.05, 3.63) is 57.8 Å². The van der Waals surface area contributed by atoms with Crippen LogP contribution in [-0.2, 0) is 9.53 Å². The summed E-state index contributed by atoms with van der Waals surface area (Å²) in [5.41, 5.74) is 1.45. The van der Waals surface area contributed by atoms with E-state index in [-0.39, 0.29) is 5.69 Å². The number of carbonyl (C=O) groups is 2. The van der Waals surface area contributed by atoms with Crippen molar-refractivity contribution < 1.29 is 14.3 Å². The number of halogens is 2. The predicted molar refractivity (Wildman–Crippen MR) is 84.3 cm³/mol. The van der Waals surface area contributed by atoms with E-state index in [4.69, 9.17) is 27.9 Å². The number of esters is 1. The van der Waals surface area contributed by atoms with E-state index in [1.807, 2.05) is 6.92 Å². The predicted octanol–water partition coefficient (Wildman–Crippen LogP) is 3.49. The number of benzene rings is 1. The molecule has 2 aromatic rings. The van der Waals surface area contributed by atoms with Crippen LogP contribution in [0.5, 0.6) is 0 Å². The van der Waals surface area contributed by atoms with Crippen LogP contribution in [0.3, 0.4) is 0 Å². The van der Waals surface area contributed by atoms with Gasteiger partial charge in [0, 0.05) is 21.9 Å². The normalized spacial score (nSPS) is 10.1. The van der Waals surface area contributed by atoms with Crippen molar-refractivity contribution >= 4 is 40.8 Å². The van der Waals surface area contributed by atoms with Crippen molar-refractivity contribution in [3.63, 3.8) is 0 Å². The van der Waals surface area contributed by atoms with Gasteiger partial charge in [0.15, 0.2) is 6.61 Å². The van der Waals surface area contributed by atoms with Crippen molar-refractivity contribution in [3.8, 4) is 0 Å². The molecule has 0 aliphatic heterocycles. The highest BCUT2D eigenvalue weighted by Gasteiger charge is 2.12. The summed E-state index contributed by atoms with van der Waals surface area (Å²) in [5, 5.41) is 3.49. The number of pyridine rings is 1. The van der Waals surface area contributed by atoms with Crippen molar-refractivity contribution in [2.45, 2.75) is 6.92 Å². The number of anilines is 1. The minimum Gasteiger partial charge on any atom is -0.451 e. The monoisotopic (exact) mass is 338 g/mol. The van der Waals surface area contributed by atoms with Gasteiger partial charge in [0.05, 0.1) is 0 Å². The summed E-state index contributed by atoms with van der Waals surface area (Å²) in [7, 11) is 0. The first-order valence-electron chi connectivity index (χ1n) is 6.30. The van der Waals surface area contributed by atoms with Gasteiger partial charge in [-0.25, -0.2) is 9.78 Å². The molecule has 22 heavy (non-hydrogen) atoms. The van der Waals surface area contributed by atoms with Crippen molar-refractivity contribution in [2.75, 3.05) is 11.9 Å². The van der Waals surface area contributed by atoms with Crippen LogP contribution in [-0.4, -0.2) is 23.5 Å². The molecule has 7 heteroatoms. The van der Waals surface area contributed by atoms with Crippen LogP contribution in [0, 0.1) is 6.92 Å². The Hall–Kier alpha value is -2.11. The molecule has 1 aromatic carbocycles. The van der Waals surface area contributed by atoms with Gasteiger partial charge in [-0.05, 0) is 36.8 Å². The molecule has 2 rings (SSSR count). The Morgan fingerprint density at radius 3 is 2.64 bits per heavy atom. The molecule has 0 spiro atoms. The van der Waals surface area contributed by atoms with Gasteiger partial charge in [0.1, 0.15) is 5.69 Å². The van der Waals surface area contributed by atoms with Gasteiger partial charge in [0.25, 0.3) is 5.91 Å². The molecule has 0 bridgehead atoms. The van der Waals surface area contributed by atoms with Crippen LogP contribution in [0.1, 0.15) is 16.1 Å². The number of aryl methyl sites for hydroxylation is 1. The topological polar surface area (TPSA) is 68.3 Å². The molecule has 0 aliphatic rings. The number of ether oxygens (including phenoxy) is 1. The van der Waals surface area contributed by atoms with Gasteiger partial charge in [-0.3, -0.25) is 4.79 Å². The number of carbonyl (C=O) groups excluding carboxylic acids is 2. The second-order valence-electron chi connectivity index (χ2n) is 4.44. The lowest BCUT2D eigenvalue weighted by atomic mass is 10.2. The molecule has 0 saturated carbocycles. The van der Waals surface area contributed by atoms with Crippen LogP contribution in [0.4, 0.5) is 5.69 Å². The largest absolute Gasteiger partial charge is 0.451 e. The minimum absolute atomic E-state index is 0.0410. The second-order valence-corrected chi connectivity index (χ2v) is 5.32. The first-order valence-corrected chi connectivity index (χ1v) is 7.06. The van der Waals surface area contributed by atoms with Crippen molar-refractivity contribution in [1.82, 2.24) is 4.98 Å². The number of hydrogen-bond acceptors (Lipinski definition) is 4. The van der Waals surface area contributed by atoms with Crippen LogP contribution in [0.2, 0.25) is 10.0 Å². The van der Waals surface area contributed by atoms with Gasteiger partial charge in [-0.15, -0.1) is 0 Å². The zero-order chi connectivity index (χ0) is 16.1. The highest BCUT2D eigenvalue weighted by Crippen LogP contribution is 2.20. The van der Waals surface area contributed by atoms with E-state index in [0.29, 0.717) is 15.7 Å². The van der Waals surface area contributed by atoms with Gasteiger partial charge in [0.2, 0.25) is 0 Å². The van der Waals surface area contributed by atoms with E-state index in [1.54, 1.807) is 18.2 Å². The quantitative estimate of drug-likeness (QED) is 0.866. The van der Waals surface area contributed by atoms with Gasteiger partial charge in [-0.1, -0.05) is 29.3 Å². The Labute approximate surface area is 137 Å². The van der Waals surface area contributed by atoms with Crippen molar-refractivity contribution in [2.24, 2.45) is 0 Å². The number of nitrogens with zero attached hydrogens (tertiary/aromatic N) is 1. The summed E-state index contributed by atoms with van der Waals surface area (Å²) < 4.78 is 4.88. The number of amides is 1. The number of aromatic nitrogens is 1. The summed E-state index contributed by atoms with van der Waals surface area (Å²) in [6, 6.07) is 8.02. The first-order chi connectivity index (χ1) is 10.5. The Kier molecular flexibility index (Phi) is 5.35. The molecule has 0 unspecified atom stereocenters. The van der Waals surface area contributed by atoms with E-state index in [0.717, 1.165) is 5.56 Å². The van der Waals surface area contributed by atoms with E-state index in [1.165, 1.54) is 18.3 Å². The third kappa shape index (κ3) is 4.44. The number of hydrogen-bond donors (Lipinski definition) is 1. The van der Waals surface area contributed by atoms with Crippen LogP contribution in [0.25, 0.3) is 0 Å². The smallest absolute Gasteiger partial charge is 0.357 e. The molecule has 0 aliphatic carbocycles. The van der Waals surface area contributed by atoms with Gasteiger partial charge < -0.3 is 10.1 Å². The molecule has 0 saturated heterocycles. The average Bonchev–Trinajstić information content (AvgIpc) is 2.48. The third-order valence-electron chi connectivity index (χ3n) is 2.74. The first kappa shape index (κ1) is 16.3. The van der Waals surface area contributed by atoms with Crippen LogP contribution in [0.15, 0.2) is 36.5 Å². The lowest BCUT2D eigenvalue weighted by molar-refractivity contribution is -0.119. The number of rotatable bonds is 4. The summed E-state index contributed by atoms with van der Waals surface area (Å²) in [6.07, 6.45) is 1.38. The highest BCUT2D eigenvalue weighted by molar-refractivity contribution is 6.31. The lowest BCUT2D eigenvalue weighted by Gasteiger charge is -2.09. The fraction of sp³-hybridized carbons (Fsp3) is 0.133. The fourth-order valence-electron chi connectivity index (χ4n) is 1.64. The molecule has 5 nitrogen and oxygen atoms in total. The molecule has 114 valence electrons. The van der Waals surface area contributed by atoms with Crippen LogP contribution >= 0.6 is 23.2 Å². The van der Waals surface area contributed by atoms with Crippen molar-refractivity contribution in [1.29, 1.82) is 0 Å². The van der Waals surface area contributed by atoms with E-state index in [2.05, 4.69) is 10.3 Å². The number of nitrogens with one attached hydrogen (secondary N) is 1. The standard InChI is InChI=1S/C15H12Cl2N2O3/c1-9-2-3-10(16)6-12(9)19-14(20)8-22-15(21)13-7-11(17)4-5-18-13/h2-7H,8H2,1H3,(H,19,20). The zero-order valence-corrected chi connectivity index (χ0v) is 13.1. The molecule has 1 N–H and O–H groups in total. The molecule has 1 heterocycles. The Morgan fingerprint density at radius 2 is 1.91 bits per heavy atom. The molecule has 1 aromatic heterocycles. The summed E-state index contributed by atoms with van der Waals surface area (Å²) in [4.78, 5) is 27.4. The fourth-order valence-corrected chi connectivity index (χ4v) is 1.97. The van der Waals surface area contributed by atoms with E-state index < -0.39 is 18.5 Å².